The molecular weight excluding hydrogens is 485 g/mol. The van der Waals surface area contributed by atoms with Gasteiger partial charge < -0.3 is 15.2 Å². The number of rotatable bonds is 10. The van der Waals surface area contributed by atoms with Gasteiger partial charge in [-0.3, -0.25) is 24.2 Å². The Bertz CT molecular complexity index is 1490. The Kier molecular flexibility index (Phi) is 7.86. The molecule has 0 aliphatic carbocycles. The fourth-order valence-electron chi connectivity index (χ4n) is 3.53. The van der Waals surface area contributed by atoms with E-state index < -0.39 is 23.9 Å². The number of phenols is 1. The predicted octanol–water partition coefficient (Wildman–Crippen LogP) is 2.92. The van der Waals surface area contributed by atoms with Gasteiger partial charge in [0.15, 0.2) is 12.4 Å². The van der Waals surface area contributed by atoms with Gasteiger partial charge in [0.1, 0.15) is 18.2 Å². The fraction of sp³-hybridized carbons (Fsp3) is 0.154. The van der Waals surface area contributed by atoms with Crippen molar-refractivity contribution in [2.24, 2.45) is 0 Å². The molecule has 11 heteroatoms. The van der Waals surface area contributed by atoms with Crippen LogP contribution in [0.25, 0.3) is 10.9 Å². The Morgan fingerprint density at radius 1 is 1.00 bits per heavy atom. The van der Waals surface area contributed by atoms with Crippen molar-refractivity contribution in [2.45, 2.75) is 13.1 Å². The molecule has 10 nitrogen and oxygen atoms in total. The molecule has 3 aromatic carbocycles. The topological polar surface area (TPSA) is 140 Å². The highest BCUT2D eigenvalue weighted by molar-refractivity contribution is 5.98. The molecule has 0 aliphatic rings. The standard InChI is InChI=1S/C26H22FN3O7/c27-19-6-1-16(2-7-19)14-28-24(33)18-5-10-21-22(13-18)29-26(30(25(21)34)11-12-37-35)36-15-23(32)17-3-8-20(31)9-4-17/h1-10,13,31,35H,11-12,14-15H2,(H,28,33). The van der Waals surface area contributed by atoms with Crippen LogP contribution in [0.2, 0.25) is 0 Å². The second kappa shape index (κ2) is 11.4. The quantitative estimate of drug-likeness (QED) is 0.169. The highest BCUT2D eigenvalue weighted by Gasteiger charge is 2.16. The van der Waals surface area contributed by atoms with Gasteiger partial charge in [-0.25, -0.2) is 9.28 Å². The Balaban J connectivity index is 1.58. The normalized spacial score (nSPS) is 10.9. The Labute approximate surface area is 209 Å². The molecule has 0 saturated carbocycles. The summed E-state index contributed by atoms with van der Waals surface area (Å²) in [5, 5.41) is 21.0. The van der Waals surface area contributed by atoms with E-state index >= 15 is 0 Å². The summed E-state index contributed by atoms with van der Waals surface area (Å²) >= 11 is 0. The maximum Gasteiger partial charge on any atom is 0.300 e. The van der Waals surface area contributed by atoms with E-state index in [9.17, 15) is 23.9 Å². The third kappa shape index (κ3) is 6.15. The van der Waals surface area contributed by atoms with Gasteiger partial charge >= 0.3 is 0 Å². The molecule has 1 aromatic heterocycles. The third-order valence-electron chi connectivity index (χ3n) is 5.48. The molecule has 1 heterocycles. The lowest BCUT2D eigenvalue weighted by molar-refractivity contribution is -0.244. The van der Waals surface area contributed by atoms with E-state index in [0.717, 1.165) is 4.57 Å². The Hall–Kier alpha value is -4.61. The molecule has 0 aliphatic heterocycles. The molecule has 3 N–H and O–H groups in total. The number of fused-ring (bicyclic) bond motifs is 1. The number of ketones is 1. The SMILES string of the molecule is O=C(COc1nc2cc(C(=O)NCc3ccc(F)cc3)ccc2c(=O)n1CCOO)c1ccc(O)cc1. The van der Waals surface area contributed by atoms with Crippen LogP contribution in [0.3, 0.4) is 0 Å². The first-order valence-corrected chi connectivity index (χ1v) is 11.1. The highest BCUT2D eigenvalue weighted by atomic mass is 19.1. The predicted molar refractivity (Wildman–Crippen MR) is 130 cm³/mol. The molecule has 0 spiro atoms. The average Bonchev–Trinajstić information content (AvgIpc) is 2.91. The number of benzene rings is 3. The number of halogens is 1. The number of nitrogens with one attached hydrogen (secondary N) is 1. The number of Topliss-reactive ketones (excluding diaryl/α,β-unsaturated/α-hetero) is 1. The summed E-state index contributed by atoms with van der Waals surface area (Å²) in [5.74, 6) is -1.23. The van der Waals surface area contributed by atoms with Crippen molar-refractivity contribution in [1.29, 1.82) is 0 Å². The van der Waals surface area contributed by atoms with Crippen molar-refractivity contribution in [3.8, 4) is 11.8 Å². The van der Waals surface area contributed by atoms with Gasteiger partial charge in [-0.1, -0.05) is 12.1 Å². The zero-order valence-electron chi connectivity index (χ0n) is 19.4. The third-order valence-corrected chi connectivity index (χ3v) is 5.48. The molecule has 0 atom stereocenters. The number of aromatic nitrogens is 2. The lowest BCUT2D eigenvalue weighted by atomic mass is 10.1. The van der Waals surface area contributed by atoms with Crippen molar-refractivity contribution in [3.05, 3.63) is 99.6 Å². The summed E-state index contributed by atoms with van der Waals surface area (Å²) < 4.78 is 19.7. The molecule has 0 bridgehead atoms. The van der Waals surface area contributed by atoms with Gasteiger partial charge in [-0.2, -0.15) is 4.98 Å². The van der Waals surface area contributed by atoms with Crippen LogP contribution >= 0.6 is 0 Å². The van der Waals surface area contributed by atoms with Crippen LogP contribution in [0.4, 0.5) is 4.39 Å². The molecule has 4 rings (SSSR count). The highest BCUT2D eigenvalue weighted by Crippen LogP contribution is 2.17. The summed E-state index contributed by atoms with van der Waals surface area (Å²) in [6.07, 6.45) is 0. The van der Waals surface area contributed by atoms with E-state index in [0.29, 0.717) is 5.56 Å². The molecule has 0 radical (unpaired) electrons. The number of phenolic OH excluding ortho intramolecular Hbond substituents is 1. The molecule has 190 valence electrons. The summed E-state index contributed by atoms with van der Waals surface area (Å²) in [7, 11) is 0. The van der Waals surface area contributed by atoms with Gasteiger partial charge in [0.25, 0.3) is 17.5 Å². The zero-order valence-corrected chi connectivity index (χ0v) is 19.4. The van der Waals surface area contributed by atoms with Crippen LogP contribution < -0.4 is 15.6 Å². The summed E-state index contributed by atoms with van der Waals surface area (Å²) in [4.78, 5) is 46.7. The summed E-state index contributed by atoms with van der Waals surface area (Å²) in [5.41, 5.74) is 0.854. The van der Waals surface area contributed by atoms with Crippen molar-refractivity contribution >= 4 is 22.6 Å². The maximum atomic E-state index is 13.1. The first kappa shape index (κ1) is 25.5. The van der Waals surface area contributed by atoms with Gasteiger partial charge in [-0.15, -0.1) is 0 Å². The fourth-order valence-corrected chi connectivity index (χ4v) is 3.53. The second-order valence-electron chi connectivity index (χ2n) is 7.98. The molecular formula is C26H22FN3O7. The minimum Gasteiger partial charge on any atom is -0.508 e. The number of carbonyl (C=O) groups excluding carboxylic acids is 2. The number of hydrogen-bond donors (Lipinski definition) is 3. The van der Waals surface area contributed by atoms with Gasteiger partial charge in [0.05, 0.1) is 17.4 Å². The largest absolute Gasteiger partial charge is 0.508 e. The lowest BCUT2D eigenvalue weighted by Crippen LogP contribution is -2.27. The number of hydrogen-bond acceptors (Lipinski definition) is 8. The number of ether oxygens (including phenoxy) is 1. The van der Waals surface area contributed by atoms with E-state index in [2.05, 4.69) is 15.2 Å². The molecule has 0 fully saturated rings. The molecule has 1 amide bonds. The lowest BCUT2D eigenvalue weighted by Gasteiger charge is -2.14. The first-order valence-electron chi connectivity index (χ1n) is 11.1. The molecule has 0 saturated heterocycles. The Morgan fingerprint density at radius 2 is 1.70 bits per heavy atom. The van der Waals surface area contributed by atoms with E-state index in [1.807, 2.05) is 0 Å². The minimum atomic E-state index is -0.521. The van der Waals surface area contributed by atoms with Crippen LogP contribution in [0, 0.1) is 5.82 Å². The number of aromatic hydroxyl groups is 1. The first-order chi connectivity index (χ1) is 17.9. The number of carbonyl (C=O) groups is 2. The van der Waals surface area contributed by atoms with E-state index in [1.165, 1.54) is 54.6 Å². The van der Waals surface area contributed by atoms with Gasteiger partial charge in [0, 0.05) is 17.7 Å². The smallest absolute Gasteiger partial charge is 0.300 e. The van der Waals surface area contributed by atoms with Crippen molar-refractivity contribution in [1.82, 2.24) is 14.9 Å². The maximum absolute atomic E-state index is 13.1. The second-order valence-corrected chi connectivity index (χ2v) is 7.98. The monoisotopic (exact) mass is 507 g/mol. The van der Waals surface area contributed by atoms with Crippen LogP contribution in [-0.4, -0.2) is 44.8 Å². The van der Waals surface area contributed by atoms with E-state index in [-0.39, 0.29) is 59.3 Å². The molecule has 4 aromatic rings. The van der Waals surface area contributed by atoms with E-state index in [1.54, 1.807) is 12.1 Å². The summed E-state index contributed by atoms with van der Waals surface area (Å²) in [6, 6.07) is 15.4. The van der Waals surface area contributed by atoms with Crippen LogP contribution in [-0.2, 0) is 18.0 Å². The number of amides is 1. The minimum absolute atomic E-state index is 0.00372. The van der Waals surface area contributed by atoms with E-state index in [4.69, 9.17) is 9.99 Å². The van der Waals surface area contributed by atoms with Crippen LogP contribution in [0.5, 0.6) is 11.8 Å². The number of nitrogens with zero attached hydrogens (tertiary/aromatic N) is 2. The van der Waals surface area contributed by atoms with Crippen molar-refractivity contribution < 1.29 is 34.0 Å². The molecule has 0 unspecified atom stereocenters. The Morgan fingerprint density at radius 3 is 2.41 bits per heavy atom. The van der Waals surface area contributed by atoms with Crippen molar-refractivity contribution in [2.75, 3.05) is 13.2 Å². The van der Waals surface area contributed by atoms with Crippen molar-refractivity contribution in [3.63, 3.8) is 0 Å². The molecule has 37 heavy (non-hydrogen) atoms. The van der Waals surface area contributed by atoms with Crippen LogP contribution in [0.1, 0.15) is 26.3 Å². The van der Waals surface area contributed by atoms with Crippen LogP contribution in [0.15, 0.2) is 71.5 Å². The summed E-state index contributed by atoms with van der Waals surface area (Å²) in [6.45, 7) is -0.637. The van der Waals surface area contributed by atoms with Gasteiger partial charge in [-0.05, 0) is 60.2 Å². The average molecular weight is 507 g/mol. The van der Waals surface area contributed by atoms with Gasteiger partial charge in [0.2, 0.25) is 0 Å². The zero-order chi connectivity index (χ0) is 26.4.